The van der Waals surface area contributed by atoms with Crippen LogP contribution in [-0.4, -0.2) is 43.4 Å². The molecule has 0 saturated heterocycles. The summed E-state index contributed by atoms with van der Waals surface area (Å²) in [5.41, 5.74) is 1.73. The summed E-state index contributed by atoms with van der Waals surface area (Å²) in [6, 6.07) is 3.73. The highest BCUT2D eigenvalue weighted by Gasteiger charge is 2.29. The number of ether oxygens (including phenoxy) is 2. The van der Waals surface area contributed by atoms with Crippen LogP contribution in [0.15, 0.2) is 12.1 Å². The van der Waals surface area contributed by atoms with Crippen molar-refractivity contribution < 1.29 is 19.1 Å². The van der Waals surface area contributed by atoms with Gasteiger partial charge in [0.25, 0.3) is 5.91 Å². The highest BCUT2D eigenvalue weighted by atomic mass is 16.5. The van der Waals surface area contributed by atoms with E-state index in [1.807, 2.05) is 17.0 Å². The number of unbranched alkanes of at least 4 members (excludes halogenated alkanes) is 2. The van der Waals surface area contributed by atoms with Gasteiger partial charge in [0, 0.05) is 37.1 Å². The molecule has 0 radical (unpaired) electrons. The number of methoxy groups -OCH3 is 1. The number of amides is 1. The number of fused-ring (bicyclic) bond motifs is 1. The van der Waals surface area contributed by atoms with Gasteiger partial charge >= 0.3 is 0 Å². The minimum absolute atomic E-state index is 0.0918. The van der Waals surface area contributed by atoms with E-state index in [1.165, 1.54) is 0 Å². The summed E-state index contributed by atoms with van der Waals surface area (Å²) in [7, 11) is 1.65. The number of rotatable bonds is 9. The SMILES string of the molecule is CCCCCOc1c(OC)ccc2c1CCN(CCC1CCC(=O)CC1)C2=O. The Balaban J connectivity index is 1.65. The molecule has 1 fully saturated rings. The highest BCUT2D eigenvalue weighted by Crippen LogP contribution is 2.37. The van der Waals surface area contributed by atoms with Crippen molar-refractivity contribution in [2.24, 2.45) is 5.92 Å². The van der Waals surface area contributed by atoms with Gasteiger partial charge in [-0.1, -0.05) is 19.8 Å². The van der Waals surface area contributed by atoms with E-state index in [1.54, 1.807) is 7.11 Å². The second-order valence-electron chi connectivity index (χ2n) is 7.99. The highest BCUT2D eigenvalue weighted by molar-refractivity contribution is 5.97. The monoisotopic (exact) mass is 387 g/mol. The topological polar surface area (TPSA) is 55.8 Å². The van der Waals surface area contributed by atoms with Crippen LogP contribution in [0.4, 0.5) is 0 Å². The van der Waals surface area contributed by atoms with Crippen molar-refractivity contribution >= 4 is 11.7 Å². The predicted octanol–water partition coefficient (Wildman–Crippen LogP) is 4.41. The van der Waals surface area contributed by atoms with Gasteiger partial charge in [-0.3, -0.25) is 9.59 Å². The van der Waals surface area contributed by atoms with E-state index in [9.17, 15) is 9.59 Å². The Bertz CT molecular complexity index is 690. The average Bonchev–Trinajstić information content (AvgIpc) is 2.72. The molecule has 1 amide bonds. The maximum atomic E-state index is 13.0. The van der Waals surface area contributed by atoms with Gasteiger partial charge in [-0.05, 0) is 50.2 Å². The molecule has 3 rings (SSSR count). The van der Waals surface area contributed by atoms with Crippen molar-refractivity contribution in [3.63, 3.8) is 0 Å². The van der Waals surface area contributed by atoms with Crippen LogP contribution in [0.2, 0.25) is 0 Å². The van der Waals surface area contributed by atoms with Gasteiger partial charge in [0.05, 0.1) is 13.7 Å². The van der Waals surface area contributed by atoms with Crippen molar-refractivity contribution in [3.05, 3.63) is 23.3 Å². The molecule has 0 bridgehead atoms. The quantitative estimate of drug-likeness (QED) is 0.589. The number of carbonyl (C=O) groups is 2. The van der Waals surface area contributed by atoms with Crippen molar-refractivity contribution in [2.45, 2.75) is 64.7 Å². The summed E-state index contributed by atoms with van der Waals surface area (Å²) in [6.07, 6.45) is 8.45. The van der Waals surface area contributed by atoms with E-state index in [4.69, 9.17) is 9.47 Å². The molecule has 1 aromatic rings. The number of nitrogens with zero attached hydrogens (tertiary/aromatic N) is 1. The molecule has 0 unspecified atom stereocenters. The summed E-state index contributed by atoms with van der Waals surface area (Å²) in [5.74, 6) is 2.51. The van der Waals surface area contributed by atoms with Crippen molar-refractivity contribution in [1.29, 1.82) is 0 Å². The molecule has 0 N–H and O–H groups in total. The minimum Gasteiger partial charge on any atom is -0.493 e. The lowest BCUT2D eigenvalue weighted by atomic mass is 9.86. The summed E-state index contributed by atoms with van der Waals surface area (Å²) >= 11 is 0. The third-order valence-electron chi connectivity index (χ3n) is 6.06. The van der Waals surface area contributed by atoms with Crippen molar-refractivity contribution in [2.75, 3.05) is 26.8 Å². The normalized spacial score (nSPS) is 17.6. The predicted molar refractivity (Wildman–Crippen MR) is 109 cm³/mol. The average molecular weight is 388 g/mol. The number of carbonyl (C=O) groups excluding carboxylic acids is 2. The first-order valence-corrected chi connectivity index (χ1v) is 10.8. The van der Waals surface area contributed by atoms with Crippen molar-refractivity contribution in [3.8, 4) is 11.5 Å². The maximum Gasteiger partial charge on any atom is 0.254 e. The Labute approximate surface area is 168 Å². The number of hydrogen-bond acceptors (Lipinski definition) is 4. The second-order valence-corrected chi connectivity index (χ2v) is 7.99. The fraction of sp³-hybridized carbons (Fsp3) is 0.652. The molecule has 1 saturated carbocycles. The summed E-state index contributed by atoms with van der Waals surface area (Å²) in [4.78, 5) is 26.4. The van der Waals surface area contributed by atoms with Crippen LogP contribution in [0.25, 0.3) is 0 Å². The molecule has 0 atom stereocenters. The van der Waals surface area contributed by atoms with Gasteiger partial charge in [0.15, 0.2) is 11.5 Å². The van der Waals surface area contributed by atoms with E-state index in [2.05, 4.69) is 6.92 Å². The zero-order valence-corrected chi connectivity index (χ0v) is 17.3. The lowest BCUT2D eigenvalue weighted by molar-refractivity contribution is -0.121. The lowest BCUT2D eigenvalue weighted by Crippen LogP contribution is -2.39. The molecule has 1 heterocycles. The van der Waals surface area contributed by atoms with Crippen LogP contribution in [0.3, 0.4) is 0 Å². The standard InChI is InChI=1S/C23H33NO4/c1-3-4-5-16-28-22-19-13-15-24(14-12-17-6-8-18(25)9-7-17)23(26)20(19)10-11-21(22)27-2/h10-11,17H,3-9,12-16H2,1-2H3. The molecule has 1 aliphatic heterocycles. The molecule has 0 spiro atoms. The molecule has 28 heavy (non-hydrogen) atoms. The molecular weight excluding hydrogens is 354 g/mol. The van der Waals surface area contributed by atoms with Crippen LogP contribution in [0, 0.1) is 5.92 Å². The Morgan fingerprint density at radius 1 is 1.11 bits per heavy atom. The number of Topliss-reactive ketones (excluding diaryl/α,β-unsaturated/α-hetero) is 1. The largest absolute Gasteiger partial charge is 0.493 e. The second kappa shape index (κ2) is 9.94. The van der Waals surface area contributed by atoms with Gasteiger partial charge < -0.3 is 14.4 Å². The van der Waals surface area contributed by atoms with E-state index in [0.29, 0.717) is 36.9 Å². The van der Waals surface area contributed by atoms with E-state index >= 15 is 0 Å². The Kier molecular flexibility index (Phi) is 7.35. The summed E-state index contributed by atoms with van der Waals surface area (Å²) < 4.78 is 11.5. The number of hydrogen-bond donors (Lipinski definition) is 0. The minimum atomic E-state index is 0.0918. The molecule has 5 nitrogen and oxygen atoms in total. The molecule has 1 aromatic carbocycles. The smallest absolute Gasteiger partial charge is 0.254 e. The third-order valence-corrected chi connectivity index (χ3v) is 6.06. The van der Waals surface area contributed by atoms with Gasteiger partial charge in [0.1, 0.15) is 5.78 Å². The van der Waals surface area contributed by atoms with Crippen LogP contribution >= 0.6 is 0 Å². The van der Waals surface area contributed by atoms with Gasteiger partial charge in [-0.25, -0.2) is 0 Å². The van der Waals surface area contributed by atoms with Gasteiger partial charge in [0.2, 0.25) is 0 Å². The summed E-state index contributed by atoms with van der Waals surface area (Å²) in [5, 5.41) is 0. The van der Waals surface area contributed by atoms with Crippen LogP contribution < -0.4 is 9.47 Å². The van der Waals surface area contributed by atoms with Gasteiger partial charge in [-0.2, -0.15) is 0 Å². The van der Waals surface area contributed by atoms with E-state index in [-0.39, 0.29) is 5.91 Å². The fourth-order valence-corrected chi connectivity index (χ4v) is 4.26. The Morgan fingerprint density at radius 2 is 1.89 bits per heavy atom. The first-order chi connectivity index (χ1) is 13.6. The number of benzene rings is 1. The Morgan fingerprint density at radius 3 is 2.61 bits per heavy atom. The lowest BCUT2D eigenvalue weighted by Gasteiger charge is -2.32. The van der Waals surface area contributed by atoms with Gasteiger partial charge in [-0.15, -0.1) is 0 Å². The zero-order valence-electron chi connectivity index (χ0n) is 17.3. The maximum absolute atomic E-state index is 13.0. The van der Waals surface area contributed by atoms with Crippen molar-refractivity contribution in [1.82, 2.24) is 4.90 Å². The fourth-order valence-electron chi connectivity index (χ4n) is 4.26. The van der Waals surface area contributed by atoms with E-state index in [0.717, 1.165) is 74.9 Å². The first-order valence-electron chi connectivity index (χ1n) is 10.8. The zero-order chi connectivity index (χ0) is 19.9. The molecule has 5 heteroatoms. The number of ketones is 1. The molecule has 1 aliphatic carbocycles. The molecule has 0 aromatic heterocycles. The van der Waals surface area contributed by atoms with Crippen LogP contribution in [-0.2, 0) is 11.2 Å². The van der Waals surface area contributed by atoms with E-state index < -0.39 is 0 Å². The molecule has 2 aliphatic rings. The third kappa shape index (κ3) is 4.86. The Hall–Kier alpha value is -2.04. The van der Waals surface area contributed by atoms with Crippen LogP contribution in [0.1, 0.15) is 74.2 Å². The first kappa shape index (κ1) is 20.7. The molecular formula is C23H33NO4. The molecule has 154 valence electrons. The summed E-state index contributed by atoms with van der Waals surface area (Å²) in [6.45, 7) is 4.31. The van der Waals surface area contributed by atoms with Crippen LogP contribution in [0.5, 0.6) is 11.5 Å².